The maximum atomic E-state index is 12.9. The molecule has 31 heavy (non-hydrogen) atoms. The van der Waals surface area contributed by atoms with E-state index in [-0.39, 0.29) is 5.75 Å². The van der Waals surface area contributed by atoms with Crippen molar-refractivity contribution in [1.82, 2.24) is 14.8 Å². The van der Waals surface area contributed by atoms with E-state index in [1.807, 2.05) is 69.3 Å². The van der Waals surface area contributed by atoms with Gasteiger partial charge in [-0.3, -0.25) is 0 Å². The van der Waals surface area contributed by atoms with E-state index in [2.05, 4.69) is 10.1 Å². The smallest absolute Gasteiger partial charge is 0.435 e. The van der Waals surface area contributed by atoms with E-state index in [4.69, 9.17) is 4.74 Å². The van der Waals surface area contributed by atoms with E-state index in [0.717, 1.165) is 31.7 Å². The number of fused-ring (bicyclic) bond motifs is 2. The van der Waals surface area contributed by atoms with Gasteiger partial charge < -0.3 is 14.8 Å². The van der Waals surface area contributed by atoms with Crippen LogP contribution in [0.5, 0.6) is 5.75 Å². The Morgan fingerprint density at radius 1 is 1.10 bits per heavy atom. The highest BCUT2D eigenvalue weighted by molar-refractivity contribution is 7.22. The van der Waals surface area contributed by atoms with Gasteiger partial charge in [0.1, 0.15) is 17.0 Å². The summed E-state index contributed by atoms with van der Waals surface area (Å²) in [5.74, 6) is 0.188. The van der Waals surface area contributed by atoms with E-state index >= 15 is 0 Å². The number of H-pyrrole nitrogens is 1. The molecule has 0 bridgehead atoms. The number of phenolic OH excluding ortho intramolecular Hbond substituents is 1. The van der Waals surface area contributed by atoms with Crippen molar-refractivity contribution in [3.8, 4) is 27.6 Å². The largest absolute Gasteiger partial charge is 0.508 e. The third-order valence-corrected chi connectivity index (χ3v) is 6.02. The van der Waals surface area contributed by atoms with E-state index in [9.17, 15) is 9.90 Å². The molecule has 0 spiro atoms. The van der Waals surface area contributed by atoms with E-state index in [0.29, 0.717) is 11.2 Å². The van der Waals surface area contributed by atoms with Gasteiger partial charge in [0, 0.05) is 21.8 Å². The predicted octanol–water partition coefficient (Wildman–Crippen LogP) is 6.40. The molecule has 5 aromatic rings. The van der Waals surface area contributed by atoms with Crippen molar-refractivity contribution in [2.24, 2.45) is 0 Å². The summed E-state index contributed by atoms with van der Waals surface area (Å²) in [6.45, 7) is 5.50. The van der Waals surface area contributed by atoms with Crippen molar-refractivity contribution < 1.29 is 14.6 Å². The average molecular weight is 432 g/mol. The second-order valence-electron chi connectivity index (χ2n) is 8.39. The number of phenols is 1. The van der Waals surface area contributed by atoms with Crippen molar-refractivity contribution in [2.45, 2.75) is 26.4 Å². The topological polar surface area (TPSA) is 80.1 Å². The maximum absolute atomic E-state index is 12.9. The van der Waals surface area contributed by atoms with Crippen LogP contribution in [-0.2, 0) is 4.74 Å². The molecule has 6 nitrogen and oxygen atoms in total. The van der Waals surface area contributed by atoms with Gasteiger partial charge in [0.2, 0.25) is 0 Å². The van der Waals surface area contributed by atoms with Crippen LogP contribution in [-0.4, -0.2) is 31.6 Å². The number of aromatic hydroxyl groups is 1. The van der Waals surface area contributed by atoms with Crippen LogP contribution in [0.15, 0.2) is 60.7 Å². The van der Waals surface area contributed by atoms with Crippen LogP contribution in [0.25, 0.3) is 42.9 Å². The highest BCUT2D eigenvalue weighted by Gasteiger charge is 2.25. The minimum atomic E-state index is -0.632. The van der Waals surface area contributed by atoms with Crippen molar-refractivity contribution in [3.05, 3.63) is 60.7 Å². The highest BCUT2D eigenvalue weighted by Crippen LogP contribution is 2.40. The normalized spacial score (nSPS) is 12.0. The quantitative estimate of drug-likeness (QED) is 0.339. The molecular formula is C24H21N3O3S. The van der Waals surface area contributed by atoms with E-state index in [1.54, 1.807) is 23.5 Å². The van der Waals surface area contributed by atoms with Crippen LogP contribution in [0, 0.1) is 0 Å². The molecule has 0 unspecified atom stereocenters. The molecule has 7 heteroatoms. The number of carbonyl (C=O) groups is 1. The van der Waals surface area contributed by atoms with Crippen LogP contribution in [0.3, 0.4) is 0 Å². The molecule has 0 atom stereocenters. The summed E-state index contributed by atoms with van der Waals surface area (Å²) in [7, 11) is 0. The Hall–Kier alpha value is -3.58. The molecule has 0 radical (unpaired) electrons. The Labute approximate surface area is 182 Å². The number of nitrogens with zero attached hydrogens (tertiary/aromatic N) is 2. The molecule has 3 heterocycles. The first-order valence-corrected chi connectivity index (χ1v) is 10.7. The minimum absolute atomic E-state index is 0.188. The third kappa shape index (κ3) is 3.57. The van der Waals surface area contributed by atoms with Gasteiger partial charge in [-0.15, -0.1) is 11.3 Å². The van der Waals surface area contributed by atoms with Gasteiger partial charge in [-0.2, -0.15) is 9.78 Å². The maximum Gasteiger partial charge on any atom is 0.435 e. The zero-order valence-corrected chi connectivity index (χ0v) is 18.2. The Morgan fingerprint density at radius 3 is 2.61 bits per heavy atom. The van der Waals surface area contributed by atoms with Gasteiger partial charge in [0.25, 0.3) is 0 Å². The average Bonchev–Trinajstić information content (AvgIpc) is 3.39. The van der Waals surface area contributed by atoms with E-state index < -0.39 is 11.7 Å². The molecular weight excluding hydrogens is 410 g/mol. The van der Waals surface area contributed by atoms with Crippen molar-refractivity contribution in [3.63, 3.8) is 0 Å². The lowest BCUT2D eigenvalue weighted by Crippen LogP contribution is -2.27. The molecule has 0 aliphatic carbocycles. The highest BCUT2D eigenvalue weighted by atomic mass is 32.1. The molecule has 0 saturated carbocycles. The SMILES string of the molecule is CC(C)(C)OC(=O)n1nc(-c2cc3ccc(O)cc3[nH]2)c2sc(-c3ccccc3)cc21. The summed E-state index contributed by atoms with van der Waals surface area (Å²) in [6.07, 6.45) is -0.519. The molecule has 156 valence electrons. The predicted molar refractivity (Wildman–Crippen MR) is 124 cm³/mol. The lowest BCUT2D eigenvalue weighted by molar-refractivity contribution is 0.0523. The van der Waals surface area contributed by atoms with Crippen molar-refractivity contribution in [2.75, 3.05) is 0 Å². The fourth-order valence-electron chi connectivity index (χ4n) is 3.52. The van der Waals surface area contributed by atoms with Gasteiger partial charge >= 0.3 is 6.09 Å². The summed E-state index contributed by atoms with van der Waals surface area (Å²) in [6, 6.07) is 19.2. The number of aromatic nitrogens is 3. The van der Waals surface area contributed by atoms with Gasteiger partial charge in [-0.25, -0.2) is 4.79 Å². The van der Waals surface area contributed by atoms with Gasteiger partial charge in [-0.1, -0.05) is 30.3 Å². The van der Waals surface area contributed by atoms with Crippen LogP contribution in [0.4, 0.5) is 4.79 Å². The molecule has 0 saturated heterocycles. The Kier molecular flexibility index (Phi) is 4.37. The van der Waals surface area contributed by atoms with Crippen molar-refractivity contribution in [1.29, 1.82) is 0 Å². The number of hydrogen-bond donors (Lipinski definition) is 2. The van der Waals surface area contributed by atoms with Crippen LogP contribution in [0.1, 0.15) is 20.8 Å². The molecule has 0 amide bonds. The Morgan fingerprint density at radius 2 is 1.87 bits per heavy atom. The number of rotatable bonds is 2. The zero-order valence-electron chi connectivity index (χ0n) is 17.3. The number of nitrogens with one attached hydrogen (secondary N) is 1. The lowest BCUT2D eigenvalue weighted by Gasteiger charge is -2.19. The number of carbonyl (C=O) groups excluding carboxylic acids is 1. The Balaban J connectivity index is 1.71. The van der Waals surface area contributed by atoms with Crippen LogP contribution in [0.2, 0.25) is 0 Å². The fraction of sp³-hybridized carbons (Fsp3) is 0.167. The summed E-state index contributed by atoms with van der Waals surface area (Å²) >= 11 is 1.58. The molecule has 3 aromatic heterocycles. The second kappa shape index (κ2) is 6.99. The minimum Gasteiger partial charge on any atom is -0.508 e. The fourth-order valence-corrected chi connectivity index (χ4v) is 4.66. The van der Waals surface area contributed by atoms with Gasteiger partial charge in [0.15, 0.2) is 0 Å². The second-order valence-corrected chi connectivity index (χ2v) is 9.44. The standard InChI is InChI=1S/C24H21N3O3S/c1-24(2,3)30-23(29)27-19-13-20(14-7-5-4-6-8-14)31-22(19)21(26-27)18-11-15-9-10-16(28)12-17(15)25-18/h4-13,25,28H,1-3H3. The Bertz CT molecular complexity index is 1420. The summed E-state index contributed by atoms with van der Waals surface area (Å²) < 4.78 is 7.82. The van der Waals surface area contributed by atoms with Gasteiger partial charge in [-0.05, 0) is 50.6 Å². The third-order valence-electron chi connectivity index (χ3n) is 4.84. The summed E-state index contributed by atoms with van der Waals surface area (Å²) in [5, 5.41) is 15.4. The van der Waals surface area contributed by atoms with Crippen LogP contribution >= 0.6 is 11.3 Å². The number of hydrogen-bond acceptors (Lipinski definition) is 5. The molecule has 2 aromatic carbocycles. The first kappa shape index (κ1) is 19.4. The number of thiophene rings is 1. The molecule has 5 rings (SSSR count). The monoisotopic (exact) mass is 431 g/mol. The summed E-state index contributed by atoms with van der Waals surface area (Å²) in [5.41, 5.74) is 3.39. The van der Waals surface area contributed by atoms with Crippen LogP contribution < -0.4 is 0 Å². The van der Waals surface area contributed by atoms with E-state index in [1.165, 1.54) is 4.68 Å². The molecule has 0 fully saturated rings. The lowest BCUT2D eigenvalue weighted by atomic mass is 10.2. The summed E-state index contributed by atoms with van der Waals surface area (Å²) in [4.78, 5) is 17.3. The zero-order chi connectivity index (χ0) is 21.8. The molecule has 0 aliphatic heterocycles. The van der Waals surface area contributed by atoms with Gasteiger partial charge in [0.05, 0.1) is 15.9 Å². The molecule has 2 N–H and O–H groups in total. The number of benzene rings is 2. The van der Waals surface area contributed by atoms with Crippen molar-refractivity contribution >= 4 is 38.5 Å². The first-order valence-electron chi connectivity index (χ1n) is 9.92. The molecule has 0 aliphatic rings. The first-order chi connectivity index (χ1) is 14.8. The number of ether oxygens (including phenoxy) is 1. The number of aromatic amines is 1.